The van der Waals surface area contributed by atoms with Gasteiger partial charge in [-0.2, -0.15) is 13.5 Å². The van der Waals surface area contributed by atoms with Crippen LogP contribution in [0.5, 0.6) is 0 Å². The Bertz CT molecular complexity index is 619. The van der Waals surface area contributed by atoms with Gasteiger partial charge in [0.25, 0.3) is 10.0 Å². The van der Waals surface area contributed by atoms with Crippen molar-refractivity contribution in [3.63, 3.8) is 0 Å². The molecule has 0 aliphatic rings. The lowest BCUT2D eigenvalue weighted by atomic mass is 10.1. The van der Waals surface area contributed by atoms with Crippen LogP contribution in [0.4, 0.5) is 5.69 Å². The summed E-state index contributed by atoms with van der Waals surface area (Å²) in [5, 5.41) is 6.47. The number of hydrogen-bond acceptors (Lipinski definition) is 4. The highest BCUT2D eigenvalue weighted by atomic mass is 32.2. The van der Waals surface area contributed by atoms with E-state index in [0.717, 1.165) is 12.1 Å². The minimum Gasteiger partial charge on any atom is -0.326 e. The zero-order valence-corrected chi connectivity index (χ0v) is 13.5. The second kappa shape index (κ2) is 7.21. The number of hydrazone groups is 1. The van der Waals surface area contributed by atoms with E-state index >= 15 is 0 Å². The Morgan fingerprint density at radius 1 is 1.19 bits per heavy atom. The van der Waals surface area contributed by atoms with Crippen molar-refractivity contribution in [2.45, 2.75) is 39.0 Å². The molecular formula is C14H21N3O3S. The third-order valence-electron chi connectivity index (χ3n) is 2.55. The molecule has 21 heavy (non-hydrogen) atoms. The van der Waals surface area contributed by atoms with Gasteiger partial charge < -0.3 is 5.32 Å². The van der Waals surface area contributed by atoms with Crippen molar-refractivity contribution in [3.05, 3.63) is 24.3 Å². The van der Waals surface area contributed by atoms with Crippen LogP contribution in [0.25, 0.3) is 0 Å². The summed E-state index contributed by atoms with van der Waals surface area (Å²) < 4.78 is 24.1. The SMILES string of the molecule is CC(=O)Nc1ccc(S(=O)(=O)NN=C(C)CC(C)C)cc1. The van der Waals surface area contributed by atoms with Crippen molar-refractivity contribution in [1.82, 2.24) is 4.83 Å². The molecule has 0 fully saturated rings. The predicted octanol–water partition coefficient (Wildman–Crippen LogP) is 2.35. The normalized spacial score (nSPS) is 12.3. The number of hydrogen-bond donors (Lipinski definition) is 2. The van der Waals surface area contributed by atoms with E-state index in [9.17, 15) is 13.2 Å². The maximum Gasteiger partial charge on any atom is 0.276 e. The highest BCUT2D eigenvalue weighted by Crippen LogP contribution is 2.14. The van der Waals surface area contributed by atoms with Crippen LogP contribution in [0, 0.1) is 5.92 Å². The number of nitrogens with one attached hydrogen (secondary N) is 2. The largest absolute Gasteiger partial charge is 0.326 e. The first kappa shape index (κ1) is 17.2. The van der Waals surface area contributed by atoms with Crippen LogP contribution in [0.3, 0.4) is 0 Å². The molecule has 0 heterocycles. The van der Waals surface area contributed by atoms with Crippen LogP contribution in [-0.4, -0.2) is 20.0 Å². The fraction of sp³-hybridized carbons (Fsp3) is 0.429. The number of carbonyl (C=O) groups excluding carboxylic acids is 1. The van der Waals surface area contributed by atoms with Crippen molar-refractivity contribution >= 4 is 27.3 Å². The van der Waals surface area contributed by atoms with Crippen molar-refractivity contribution in [2.24, 2.45) is 11.0 Å². The Morgan fingerprint density at radius 3 is 2.24 bits per heavy atom. The topological polar surface area (TPSA) is 87.6 Å². The molecule has 1 aromatic carbocycles. The summed E-state index contributed by atoms with van der Waals surface area (Å²) in [6.45, 7) is 7.24. The average molecular weight is 311 g/mol. The lowest BCUT2D eigenvalue weighted by Gasteiger charge is -2.07. The van der Waals surface area contributed by atoms with Gasteiger partial charge in [0.15, 0.2) is 0 Å². The maximum absolute atomic E-state index is 12.1. The van der Waals surface area contributed by atoms with Crippen molar-refractivity contribution < 1.29 is 13.2 Å². The second-order valence-electron chi connectivity index (χ2n) is 5.25. The Morgan fingerprint density at radius 2 is 1.76 bits per heavy atom. The van der Waals surface area contributed by atoms with Crippen LogP contribution < -0.4 is 10.1 Å². The van der Waals surface area contributed by atoms with E-state index in [-0.39, 0.29) is 10.8 Å². The standard InChI is InChI=1S/C14H21N3O3S/c1-10(2)9-11(3)16-17-21(19,20)14-7-5-13(6-8-14)15-12(4)18/h5-8,10,17H,9H2,1-4H3,(H,15,18). The molecule has 0 radical (unpaired) electrons. The molecule has 7 heteroatoms. The summed E-state index contributed by atoms with van der Waals surface area (Å²) in [6.07, 6.45) is 0.726. The van der Waals surface area contributed by atoms with Gasteiger partial charge in [0, 0.05) is 18.3 Å². The first-order chi connectivity index (χ1) is 9.70. The minimum absolute atomic E-state index is 0.0951. The summed E-state index contributed by atoms with van der Waals surface area (Å²) in [5.74, 6) is 0.202. The zero-order chi connectivity index (χ0) is 16.0. The van der Waals surface area contributed by atoms with Crippen LogP contribution >= 0.6 is 0 Å². The van der Waals surface area contributed by atoms with Crippen molar-refractivity contribution in [2.75, 3.05) is 5.32 Å². The van der Waals surface area contributed by atoms with E-state index in [2.05, 4.69) is 15.2 Å². The molecule has 0 bridgehead atoms. The molecule has 1 amide bonds. The summed E-state index contributed by atoms with van der Waals surface area (Å²) in [5.41, 5.74) is 1.27. The van der Waals surface area contributed by atoms with E-state index in [0.29, 0.717) is 11.6 Å². The van der Waals surface area contributed by atoms with Crippen molar-refractivity contribution in [3.8, 4) is 0 Å². The Labute approximate surface area is 125 Å². The van der Waals surface area contributed by atoms with Crippen molar-refractivity contribution in [1.29, 1.82) is 0 Å². The number of amides is 1. The molecular weight excluding hydrogens is 290 g/mol. The molecule has 0 aromatic heterocycles. The number of benzene rings is 1. The third kappa shape index (κ3) is 5.95. The summed E-state index contributed by atoms with van der Waals surface area (Å²) >= 11 is 0. The van der Waals surface area contributed by atoms with Gasteiger partial charge in [0.2, 0.25) is 5.91 Å². The van der Waals surface area contributed by atoms with E-state index in [1.165, 1.54) is 31.2 Å². The van der Waals surface area contributed by atoms with Gasteiger partial charge in [0.1, 0.15) is 0 Å². The lowest BCUT2D eigenvalue weighted by Crippen LogP contribution is -2.20. The van der Waals surface area contributed by atoms with E-state index < -0.39 is 10.0 Å². The van der Waals surface area contributed by atoms with Crippen LogP contribution in [0.2, 0.25) is 0 Å². The highest BCUT2D eigenvalue weighted by molar-refractivity contribution is 7.89. The quantitative estimate of drug-likeness (QED) is 0.624. The van der Waals surface area contributed by atoms with E-state index in [1.54, 1.807) is 6.92 Å². The zero-order valence-electron chi connectivity index (χ0n) is 12.7. The summed E-state index contributed by atoms with van der Waals surface area (Å²) in [4.78, 5) is 13.2. The van der Waals surface area contributed by atoms with Crippen LogP contribution in [-0.2, 0) is 14.8 Å². The van der Waals surface area contributed by atoms with E-state index in [4.69, 9.17) is 0 Å². The Kier molecular flexibility index (Phi) is 5.90. The molecule has 1 aromatic rings. The number of nitrogens with zero attached hydrogens (tertiary/aromatic N) is 1. The monoisotopic (exact) mass is 311 g/mol. The molecule has 6 nitrogen and oxygen atoms in total. The molecule has 2 N–H and O–H groups in total. The maximum atomic E-state index is 12.1. The van der Waals surface area contributed by atoms with Gasteiger partial charge in [0.05, 0.1) is 4.90 Å². The number of rotatable bonds is 6. The van der Waals surface area contributed by atoms with Gasteiger partial charge in [-0.15, -0.1) is 0 Å². The second-order valence-corrected chi connectivity index (χ2v) is 6.91. The molecule has 0 aliphatic carbocycles. The van der Waals surface area contributed by atoms with Gasteiger partial charge in [-0.05, 0) is 43.5 Å². The van der Waals surface area contributed by atoms with Gasteiger partial charge in [-0.1, -0.05) is 13.8 Å². The highest BCUT2D eigenvalue weighted by Gasteiger charge is 2.13. The lowest BCUT2D eigenvalue weighted by molar-refractivity contribution is -0.114. The minimum atomic E-state index is -3.69. The Hall–Kier alpha value is -1.89. The number of sulfonamides is 1. The molecule has 0 spiro atoms. The van der Waals surface area contributed by atoms with Gasteiger partial charge >= 0.3 is 0 Å². The third-order valence-corrected chi connectivity index (χ3v) is 3.77. The van der Waals surface area contributed by atoms with Gasteiger partial charge in [-0.3, -0.25) is 4.79 Å². The molecule has 116 valence electrons. The molecule has 0 atom stereocenters. The van der Waals surface area contributed by atoms with Gasteiger partial charge in [-0.25, -0.2) is 4.83 Å². The molecule has 0 saturated carbocycles. The van der Waals surface area contributed by atoms with E-state index in [1.807, 2.05) is 13.8 Å². The van der Waals surface area contributed by atoms with Crippen LogP contribution in [0.15, 0.2) is 34.3 Å². The number of carbonyl (C=O) groups is 1. The number of anilines is 1. The average Bonchev–Trinajstić information content (AvgIpc) is 2.36. The molecule has 1 rings (SSSR count). The van der Waals surface area contributed by atoms with Crippen LogP contribution in [0.1, 0.15) is 34.1 Å². The molecule has 0 aliphatic heterocycles. The summed E-state index contributed by atoms with van der Waals surface area (Å²) in [7, 11) is -3.69. The fourth-order valence-electron chi connectivity index (χ4n) is 1.75. The summed E-state index contributed by atoms with van der Waals surface area (Å²) in [6, 6.07) is 5.89. The smallest absolute Gasteiger partial charge is 0.276 e. The molecule has 0 saturated heterocycles. The predicted molar refractivity (Wildman–Crippen MR) is 83.6 cm³/mol. The Balaban J connectivity index is 2.81. The fourth-order valence-corrected chi connectivity index (χ4v) is 2.62. The molecule has 0 unspecified atom stereocenters. The first-order valence-electron chi connectivity index (χ1n) is 6.63. The first-order valence-corrected chi connectivity index (χ1v) is 8.11.